The van der Waals surface area contributed by atoms with Crippen molar-refractivity contribution in [3.63, 3.8) is 0 Å². The van der Waals surface area contributed by atoms with Crippen LogP contribution < -0.4 is 5.56 Å². The summed E-state index contributed by atoms with van der Waals surface area (Å²) < 4.78 is 2.83. The summed E-state index contributed by atoms with van der Waals surface area (Å²) in [7, 11) is 2.00. The van der Waals surface area contributed by atoms with Crippen LogP contribution in [0, 0.1) is 0 Å². The Kier molecular flexibility index (Phi) is 4.08. The largest absolute Gasteiger partial charge is 0.331 e. The Balaban J connectivity index is 1.76. The van der Waals surface area contributed by atoms with Crippen molar-refractivity contribution in [3.05, 3.63) is 45.8 Å². The number of hydrogen-bond donors (Lipinski definition) is 1. The minimum atomic E-state index is -0.0629. The maximum absolute atomic E-state index is 12.0. The van der Waals surface area contributed by atoms with Crippen LogP contribution in [0.15, 0.2) is 28.6 Å². The standard InChI is InChI=1S/C15H19N5OS/c1-10(2)20-6-5-16-13(20)9-19(3)8-12-17-11-4-7-22-14(11)15(21)18-12/h4-7,10H,8-9H2,1-3H3,(H,17,18,21). The molecule has 0 aliphatic rings. The van der Waals surface area contributed by atoms with Gasteiger partial charge in [-0.3, -0.25) is 9.69 Å². The summed E-state index contributed by atoms with van der Waals surface area (Å²) in [6, 6.07) is 2.26. The first kappa shape index (κ1) is 14.9. The first-order valence-electron chi connectivity index (χ1n) is 7.21. The quantitative estimate of drug-likeness (QED) is 0.784. The molecule has 0 aliphatic carbocycles. The van der Waals surface area contributed by atoms with Crippen LogP contribution in [-0.4, -0.2) is 31.5 Å². The summed E-state index contributed by atoms with van der Waals surface area (Å²) in [6.07, 6.45) is 3.81. The van der Waals surface area contributed by atoms with Crippen LogP contribution in [0.5, 0.6) is 0 Å². The molecule has 3 rings (SSSR count). The van der Waals surface area contributed by atoms with E-state index in [1.54, 1.807) is 0 Å². The molecule has 0 saturated heterocycles. The van der Waals surface area contributed by atoms with Crippen molar-refractivity contribution in [1.82, 2.24) is 24.4 Å². The van der Waals surface area contributed by atoms with Gasteiger partial charge >= 0.3 is 0 Å². The van der Waals surface area contributed by atoms with E-state index in [1.807, 2.05) is 30.9 Å². The van der Waals surface area contributed by atoms with Crippen LogP contribution >= 0.6 is 11.3 Å². The zero-order valence-electron chi connectivity index (χ0n) is 12.9. The van der Waals surface area contributed by atoms with Crippen LogP contribution in [-0.2, 0) is 13.1 Å². The number of H-pyrrole nitrogens is 1. The van der Waals surface area contributed by atoms with E-state index in [9.17, 15) is 4.79 Å². The summed E-state index contributed by atoms with van der Waals surface area (Å²) in [5.74, 6) is 1.69. The van der Waals surface area contributed by atoms with Gasteiger partial charge in [-0.15, -0.1) is 11.3 Å². The molecule has 0 amide bonds. The van der Waals surface area contributed by atoms with Crippen molar-refractivity contribution in [2.75, 3.05) is 7.05 Å². The van der Waals surface area contributed by atoms with Crippen molar-refractivity contribution < 1.29 is 0 Å². The van der Waals surface area contributed by atoms with Crippen molar-refractivity contribution >= 4 is 21.6 Å². The lowest BCUT2D eigenvalue weighted by molar-refractivity contribution is 0.295. The SMILES string of the molecule is CC(C)n1ccnc1CN(C)Cc1nc2ccsc2c(=O)[nH]1. The van der Waals surface area contributed by atoms with E-state index in [-0.39, 0.29) is 5.56 Å². The molecule has 3 aromatic heterocycles. The molecular formula is C15H19N5OS. The number of aromatic nitrogens is 4. The van der Waals surface area contributed by atoms with Crippen LogP contribution in [0.25, 0.3) is 10.2 Å². The number of aromatic amines is 1. The smallest absolute Gasteiger partial charge is 0.268 e. The molecule has 22 heavy (non-hydrogen) atoms. The van der Waals surface area contributed by atoms with Gasteiger partial charge < -0.3 is 9.55 Å². The van der Waals surface area contributed by atoms with Crippen LogP contribution in [0.1, 0.15) is 31.5 Å². The molecule has 0 radical (unpaired) electrons. The molecule has 1 N–H and O–H groups in total. The summed E-state index contributed by atoms with van der Waals surface area (Å²) in [5, 5.41) is 1.89. The monoisotopic (exact) mass is 317 g/mol. The Hall–Kier alpha value is -1.99. The lowest BCUT2D eigenvalue weighted by atomic mass is 10.3. The Bertz CT molecular complexity index is 832. The van der Waals surface area contributed by atoms with Gasteiger partial charge in [0.05, 0.1) is 18.6 Å². The summed E-state index contributed by atoms with van der Waals surface area (Å²) in [5.41, 5.74) is 0.702. The highest BCUT2D eigenvalue weighted by molar-refractivity contribution is 7.17. The van der Waals surface area contributed by atoms with Crippen LogP contribution in [0.4, 0.5) is 0 Å². The molecule has 0 spiro atoms. The fourth-order valence-corrected chi connectivity index (χ4v) is 3.21. The molecule has 0 bridgehead atoms. The molecule has 0 unspecified atom stereocenters. The third-order valence-electron chi connectivity index (χ3n) is 3.50. The highest BCUT2D eigenvalue weighted by atomic mass is 32.1. The molecule has 0 aliphatic heterocycles. The molecule has 0 aromatic carbocycles. The molecule has 6 nitrogen and oxygen atoms in total. The fraction of sp³-hybridized carbons (Fsp3) is 0.400. The number of imidazole rings is 1. The molecule has 0 atom stereocenters. The number of nitrogens with one attached hydrogen (secondary N) is 1. The number of nitrogens with zero attached hydrogens (tertiary/aromatic N) is 4. The molecule has 0 saturated carbocycles. The average Bonchev–Trinajstić information content (AvgIpc) is 3.07. The van der Waals surface area contributed by atoms with Gasteiger partial charge in [0.1, 0.15) is 16.3 Å². The third kappa shape index (κ3) is 2.95. The first-order valence-corrected chi connectivity index (χ1v) is 8.09. The van der Waals surface area contributed by atoms with E-state index in [2.05, 4.69) is 38.3 Å². The summed E-state index contributed by atoms with van der Waals surface area (Å²) >= 11 is 1.42. The Labute approximate surface area is 132 Å². The van der Waals surface area contributed by atoms with Gasteiger partial charge in [0.15, 0.2) is 0 Å². The van der Waals surface area contributed by atoms with Gasteiger partial charge in [0, 0.05) is 18.4 Å². The van der Waals surface area contributed by atoms with Gasteiger partial charge in [-0.2, -0.15) is 0 Å². The van der Waals surface area contributed by atoms with Crippen LogP contribution in [0.2, 0.25) is 0 Å². The lowest BCUT2D eigenvalue weighted by Gasteiger charge is -2.18. The topological polar surface area (TPSA) is 66.8 Å². The van der Waals surface area contributed by atoms with Gasteiger partial charge in [-0.05, 0) is 32.3 Å². The predicted molar refractivity (Wildman–Crippen MR) is 88.0 cm³/mol. The Morgan fingerprint density at radius 1 is 1.41 bits per heavy atom. The van der Waals surface area contributed by atoms with Crippen LogP contribution in [0.3, 0.4) is 0 Å². The predicted octanol–water partition coefficient (Wildman–Crippen LogP) is 2.39. The highest BCUT2D eigenvalue weighted by Gasteiger charge is 2.11. The second kappa shape index (κ2) is 6.02. The van der Waals surface area contributed by atoms with Gasteiger partial charge in [-0.25, -0.2) is 9.97 Å². The Morgan fingerprint density at radius 2 is 2.23 bits per heavy atom. The highest BCUT2D eigenvalue weighted by Crippen LogP contribution is 2.15. The molecule has 0 fully saturated rings. The van der Waals surface area contributed by atoms with E-state index in [4.69, 9.17) is 0 Å². The van der Waals surface area contributed by atoms with E-state index < -0.39 is 0 Å². The summed E-state index contributed by atoms with van der Waals surface area (Å²) in [4.78, 5) is 25.9. The van der Waals surface area contributed by atoms with E-state index in [0.717, 1.165) is 11.3 Å². The minimum Gasteiger partial charge on any atom is -0.331 e. The maximum atomic E-state index is 12.0. The zero-order valence-corrected chi connectivity index (χ0v) is 13.7. The maximum Gasteiger partial charge on any atom is 0.268 e. The van der Waals surface area contributed by atoms with Crippen molar-refractivity contribution in [2.45, 2.75) is 33.0 Å². The number of hydrogen-bond acceptors (Lipinski definition) is 5. The first-order chi connectivity index (χ1) is 10.5. The normalized spacial score (nSPS) is 11.9. The number of fused-ring (bicyclic) bond motifs is 1. The third-order valence-corrected chi connectivity index (χ3v) is 4.40. The lowest BCUT2D eigenvalue weighted by Crippen LogP contribution is -2.23. The van der Waals surface area contributed by atoms with Gasteiger partial charge in [0.25, 0.3) is 5.56 Å². The van der Waals surface area contributed by atoms with E-state index in [0.29, 0.717) is 29.7 Å². The average molecular weight is 317 g/mol. The number of rotatable bonds is 5. The molecular weight excluding hydrogens is 298 g/mol. The van der Waals surface area contributed by atoms with Crippen molar-refractivity contribution in [3.8, 4) is 0 Å². The minimum absolute atomic E-state index is 0.0629. The Morgan fingerprint density at radius 3 is 3.00 bits per heavy atom. The summed E-state index contributed by atoms with van der Waals surface area (Å²) in [6.45, 7) is 5.55. The second-order valence-corrected chi connectivity index (χ2v) is 6.58. The fourth-order valence-electron chi connectivity index (χ4n) is 2.49. The van der Waals surface area contributed by atoms with Crippen molar-refractivity contribution in [1.29, 1.82) is 0 Å². The van der Waals surface area contributed by atoms with Gasteiger partial charge in [-0.1, -0.05) is 0 Å². The van der Waals surface area contributed by atoms with E-state index in [1.165, 1.54) is 11.3 Å². The molecule has 3 aromatic rings. The number of thiophene rings is 1. The van der Waals surface area contributed by atoms with Crippen molar-refractivity contribution in [2.24, 2.45) is 0 Å². The zero-order chi connectivity index (χ0) is 15.7. The molecule has 7 heteroatoms. The van der Waals surface area contributed by atoms with E-state index >= 15 is 0 Å². The molecule has 3 heterocycles. The van der Waals surface area contributed by atoms with Gasteiger partial charge in [0.2, 0.25) is 0 Å². The molecule has 116 valence electrons. The second-order valence-electron chi connectivity index (χ2n) is 5.66.